The van der Waals surface area contributed by atoms with Gasteiger partial charge in [0.2, 0.25) is 0 Å². The summed E-state index contributed by atoms with van der Waals surface area (Å²) in [6, 6.07) is 32.3. The number of pyridine rings is 2. The van der Waals surface area contributed by atoms with Crippen molar-refractivity contribution in [3.63, 3.8) is 0 Å². The van der Waals surface area contributed by atoms with Crippen molar-refractivity contribution in [1.82, 2.24) is 14.5 Å². The maximum atomic E-state index is 7.72. The van der Waals surface area contributed by atoms with Crippen LogP contribution in [-0.4, -0.2) is 27.8 Å². The van der Waals surface area contributed by atoms with Crippen LogP contribution in [0.2, 0.25) is 0 Å². The van der Waals surface area contributed by atoms with Crippen molar-refractivity contribution in [1.29, 1.82) is 5.41 Å². The predicted octanol–water partition coefficient (Wildman–Crippen LogP) is 8.11. The zero-order valence-corrected chi connectivity index (χ0v) is 24.9. The van der Waals surface area contributed by atoms with Crippen molar-refractivity contribution >= 4 is 51.5 Å². The normalized spacial score (nSPS) is 11.8. The SMILES string of the molecule is C=C/C(=C\C=N)c1cc(-c2ccncc2)cc(-n2c(/C=C(\N)c3ncccc3N(C)c3ccccc3)c(N)c3ccccc32)c1. The summed E-state index contributed by atoms with van der Waals surface area (Å²) in [4.78, 5) is 11.0. The van der Waals surface area contributed by atoms with Crippen LogP contribution in [0.25, 0.3) is 45.1 Å². The molecular weight excluding hydrogens is 554 g/mol. The Morgan fingerprint density at radius 2 is 1.64 bits per heavy atom. The number of fused-ring (bicyclic) bond motifs is 1. The molecule has 0 amide bonds. The third kappa shape index (κ3) is 5.62. The standard InChI is InChI=1S/C38H33N7/c1-3-26(15-18-39)28-22-29(27-16-20-42-21-17-27)24-31(23-28)45-34-13-8-7-12-32(34)37(41)36(45)25-33(40)38-35(14-9-19-43-38)44(2)30-10-5-4-6-11-30/h3-25,39H,1,40-41H2,2H3/b26-15+,33-25-,39-18?. The zero-order valence-electron chi connectivity index (χ0n) is 24.9. The van der Waals surface area contributed by atoms with Gasteiger partial charge in [-0.05, 0) is 95.1 Å². The number of anilines is 3. The molecule has 0 saturated heterocycles. The third-order valence-corrected chi connectivity index (χ3v) is 7.81. The molecule has 3 aromatic heterocycles. The van der Waals surface area contributed by atoms with Crippen LogP contribution in [0.4, 0.5) is 17.1 Å². The van der Waals surface area contributed by atoms with Gasteiger partial charge in [-0.25, -0.2) is 0 Å². The number of hydrogen-bond donors (Lipinski definition) is 3. The topological polar surface area (TPSA) is 110 Å². The molecule has 0 aliphatic heterocycles. The molecule has 0 aliphatic carbocycles. The van der Waals surface area contributed by atoms with Crippen LogP contribution in [0, 0.1) is 5.41 Å². The van der Waals surface area contributed by atoms with E-state index in [1.807, 2.05) is 85.9 Å². The lowest BCUT2D eigenvalue weighted by Gasteiger charge is -2.22. The molecule has 7 nitrogen and oxygen atoms in total. The van der Waals surface area contributed by atoms with Crippen molar-refractivity contribution < 1.29 is 0 Å². The molecular formula is C38H33N7. The van der Waals surface area contributed by atoms with E-state index in [1.54, 1.807) is 30.7 Å². The molecule has 3 heterocycles. The van der Waals surface area contributed by atoms with E-state index in [9.17, 15) is 0 Å². The monoisotopic (exact) mass is 587 g/mol. The first-order chi connectivity index (χ1) is 22.0. The Morgan fingerprint density at radius 3 is 2.40 bits per heavy atom. The van der Waals surface area contributed by atoms with E-state index < -0.39 is 0 Å². The van der Waals surface area contributed by atoms with Crippen LogP contribution >= 0.6 is 0 Å². The Labute approximate surface area is 262 Å². The van der Waals surface area contributed by atoms with E-state index in [-0.39, 0.29) is 0 Å². The van der Waals surface area contributed by atoms with Crippen molar-refractivity contribution in [2.24, 2.45) is 5.73 Å². The number of allylic oxidation sites excluding steroid dienone is 3. The molecule has 0 radical (unpaired) electrons. The number of rotatable bonds is 9. The van der Waals surface area contributed by atoms with Crippen LogP contribution in [-0.2, 0) is 0 Å². The van der Waals surface area contributed by atoms with Gasteiger partial charge in [0, 0.05) is 48.6 Å². The van der Waals surface area contributed by atoms with E-state index in [2.05, 4.69) is 45.3 Å². The predicted molar refractivity (Wildman–Crippen MR) is 189 cm³/mol. The van der Waals surface area contributed by atoms with Gasteiger partial charge in [-0.1, -0.05) is 49.1 Å². The second-order valence-corrected chi connectivity index (χ2v) is 10.5. The van der Waals surface area contributed by atoms with Crippen molar-refractivity contribution in [3.05, 3.63) is 151 Å². The highest BCUT2D eigenvalue weighted by Gasteiger charge is 2.19. The van der Waals surface area contributed by atoms with Gasteiger partial charge in [0.1, 0.15) is 5.69 Å². The highest BCUT2D eigenvalue weighted by Crippen LogP contribution is 2.37. The minimum absolute atomic E-state index is 0.477. The van der Waals surface area contributed by atoms with Gasteiger partial charge in [-0.2, -0.15) is 0 Å². The lowest BCUT2D eigenvalue weighted by Crippen LogP contribution is -2.14. The Balaban J connectivity index is 1.59. The molecule has 0 unspecified atom stereocenters. The summed E-state index contributed by atoms with van der Waals surface area (Å²) in [5.41, 5.74) is 23.7. The number of hydrogen-bond acceptors (Lipinski definition) is 6. The van der Waals surface area contributed by atoms with Gasteiger partial charge >= 0.3 is 0 Å². The Morgan fingerprint density at radius 1 is 0.889 bits per heavy atom. The number of aromatic nitrogens is 3. The number of para-hydroxylation sites is 2. The number of benzene rings is 3. The third-order valence-electron chi connectivity index (χ3n) is 7.81. The number of nitrogens with one attached hydrogen (secondary N) is 1. The molecule has 0 saturated carbocycles. The van der Waals surface area contributed by atoms with E-state index in [0.717, 1.165) is 55.9 Å². The number of nitrogen functional groups attached to an aromatic ring is 1. The minimum Gasteiger partial charge on any atom is -0.397 e. The molecule has 6 rings (SSSR count). The van der Waals surface area contributed by atoms with Crippen molar-refractivity contribution in [3.8, 4) is 16.8 Å². The Hall–Kier alpha value is -6.21. The highest BCUT2D eigenvalue weighted by molar-refractivity contribution is 6.01. The summed E-state index contributed by atoms with van der Waals surface area (Å²) in [7, 11) is 2.00. The Bertz CT molecular complexity index is 2070. The fraction of sp³-hybridized carbons (Fsp3) is 0.0263. The largest absolute Gasteiger partial charge is 0.397 e. The van der Waals surface area contributed by atoms with Crippen LogP contribution in [0.3, 0.4) is 0 Å². The molecule has 3 aromatic carbocycles. The zero-order chi connectivity index (χ0) is 31.3. The molecule has 220 valence electrons. The second kappa shape index (κ2) is 12.6. The maximum absolute atomic E-state index is 7.72. The molecule has 0 aliphatic rings. The average molecular weight is 588 g/mol. The lowest BCUT2D eigenvalue weighted by atomic mass is 9.98. The first kappa shape index (κ1) is 28.9. The van der Waals surface area contributed by atoms with Gasteiger partial charge in [0.15, 0.2) is 0 Å². The van der Waals surface area contributed by atoms with Crippen molar-refractivity contribution in [2.45, 2.75) is 0 Å². The van der Waals surface area contributed by atoms with Gasteiger partial charge in [-0.3, -0.25) is 9.97 Å². The van der Waals surface area contributed by atoms with Crippen LogP contribution in [0.15, 0.2) is 134 Å². The van der Waals surface area contributed by atoms with Crippen LogP contribution in [0.1, 0.15) is 17.0 Å². The fourth-order valence-corrected chi connectivity index (χ4v) is 5.59. The summed E-state index contributed by atoms with van der Waals surface area (Å²) in [6.07, 6.45) is 12.0. The highest BCUT2D eigenvalue weighted by atomic mass is 15.1. The van der Waals surface area contributed by atoms with E-state index in [0.29, 0.717) is 17.1 Å². The van der Waals surface area contributed by atoms with E-state index in [1.165, 1.54) is 6.21 Å². The molecule has 7 heteroatoms. The maximum Gasteiger partial charge on any atom is 0.110 e. The molecule has 0 bridgehead atoms. The summed E-state index contributed by atoms with van der Waals surface area (Å²) >= 11 is 0. The summed E-state index contributed by atoms with van der Waals surface area (Å²) < 4.78 is 2.13. The van der Waals surface area contributed by atoms with Gasteiger partial charge in [-0.15, -0.1) is 0 Å². The molecule has 5 N–H and O–H groups in total. The molecule has 0 atom stereocenters. The number of nitrogens with zero attached hydrogens (tertiary/aromatic N) is 4. The average Bonchev–Trinajstić information content (AvgIpc) is 3.38. The van der Waals surface area contributed by atoms with E-state index >= 15 is 0 Å². The minimum atomic E-state index is 0.477. The Kier molecular flexibility index (Phi) is 8.07. The van der Waals surface area contributed by atoms with E-state index in [4.69, 9.17) is 21.9 Å². The molecule has 6 aromatic rings. The van der Waals surface area contributed by atoms with Gasteiger partial charge < -0.3 is 26.3 Å². The summed E-state index contributed by atoms with van der Waals surface area (Å²) in [5, 5.41) is 8.63. The second-order valence-electron chi connectivity index (χ2n) is 10.5. The molecule has 0 spiro atoms. The first-order valence-corrected chi connectivity index (χ1v) is 14.5. The summed E-state index contributed by atoms with van der Waals surface area (Å²) in [5.74, 6) is 0. The quantitative estimate of drug-likeness (QED) is 0.117. The smallest absolute Gasteiger partial charge is 0.110 e. The van der Waals surface area contributed by atoms with Crippen molar-refractivity contribution in [2.75, 3.05) is 17.7 Å². The van der Waals surface area contributed by atoms with Crippen LogP contribution in [0.5, 0.6) is 0 Å². The van der Waals surface area contributed by atoms with Gasteiger partial charge in [0.25, 0.3) is 0 Å². The molecule has 45 heavy (non-hydrogen) atoms. The summed E-state index contributed by atoms with van der Waals surface area (Å²) in [6.45, 7) is 4.00. The lowest BCUT2D eigenvalue weighted by molar-refractivity contribution is 1.10. The van der Waals surface area contributed by atoms with Gasteiger partial charge in [0.05, 0.1) is 28.3 Å². The van der Waals surface area contributed by atoms with Crippen LogP contribution < -0.4 is 16.4 Å². The fourth-order valence-electron chi connectivity index (χ4n) is 5.59. The number of nitrogens with two attached hydrogens (primary N) is 2. The first-order valence-electron chi connectivity index (χ1n) is 14.5. The molecule has 0 fully saturated rings.